The number of hydrogen-bond donors (Lipinski definition) is 1. The quantitative estimate of drug-likeness (QED) is 0.183. The monoisotopic (exact) mass is 699 g/mol. The highest BCUT2D eigenvalue weighted by Gasteiger charge is 2.98. The van der Waals surface area contributed by atoms with E-state index in [0.717, 1.165) is 0 Å². The van der Waals surface area contributed by atoms with Gasteiger partial charge in [-0.3, -0.25) is 0 Å². The summed E-state index contributed by atoms with van der Waals surface area (Å²) in [5, 5.41) is 0.631. The molecule has 0 radical (unpaired) electrons. The van der Waals surface area contributed by atoms with Gasteiger partial charge in [-0.05, 0) is 0 Å². The fourth-order valence-corrected chi connectivity index (χ4v) is 3.97. The van der Waals surface area contributed by atoms with Crippen LogP contribution in [-0.2, 0) is 14.8 Å². The lowest BCUT2D eigenvalue weighted by Gasteiger charge is -2.44. The second-order valence-electron chi connectivity index (χ2n) is 7.69. The van der Waals surface area contributed by atoms with Gasteiger partial charge in [-0.2, -0.15) is 96.5 Å². The van der Waals surface area contributed by atoms with Crippen LogP contribution in [0.5, 0.6) is 0 Å². The van der Waals surface area contributed by atoms with Crippen molar-refractivity contribution in [3.05, 3.63) is 0 Å². The van der Waals surface area contributed by atoms with Crippen LogP contribution in [0.25, 0.3) is 0 Å². The number of halogens is 21. The van der Waals surface area contributed by atoms with Gasteiger partial charge in [-0.1, -0.05) is 0 Å². The van der Waals surface area contributed by atoms with Gasteiger partial charge < -0.3 is 9.90 Å². The minimum atomic E-state index is -9.41. The SMILES string of the molecule is O=CCCN(CCO)S(=O)(=O)C(F)(F)C(F)(F)C(F)(F)C(F)(F)C(F)(F)C(F)(F)C(F)(F)C(F)(F)C(F)(F)C(F)(F)F. The molecule has 0 aliphatic rings. The molecule has 0 amide bonds. The van der Waals surface area contributed by atoms with Crippen LogP contribution >= 0.6 is 0 Å². The smallest absolute Gasteiger partial charge is 0.395 e. The molecule has 0 aromatic heterocycles. The van der Waals surface area contributed by atoms with E-state index in [0.29, 0.717) is 0 Å². The van der Waals surface area contributed by atoms with Gasteiger partial charge >= 0.3 is 58.8 Å². The second kappa shape index (κ2) is 10.9. The molecule has 0 saturated heterocycles. The molecule has 0 rings (SSSR count). The Morgan fingerprint density at radius 2 is 0.786 bits per heavy atom. The molecule has 0 aliphatic carbocycles. The lowest BCUT2D eigenvalue weighted by molar-refractivity contribution is -0.472. The molecular weight excluding hydrogens is 689 g/mol. The molecular formula is C15H10F21NO4S. The molecule has 42 heavy (non-hydrogen) atoms. The van der Waals surface area contributed by atoms with Crippen LogP contribution in [-0.4, -0.2) is 103 Å². The second-order valence-corrected chi connectivity index (χ2v) is 9.67. The Kier molecular flexibility index (Phi) is 10.4. The number of rotatable bonds is 15. The summed E-state index contributed by atoms with van der Waals surface area (Å²) in [5.41, 5.74) is 0. The summed E-state index contributed by atoms with van der Waals surface area (Å²) in [5.74, 6) is -72.8. The van der Waals surface area contributed by atoms with E-state index in [2.05, 4.69) is 0 Å². The maximum atomic E-state index is 14.1. The molecule has 0 bridgehead atoms. The van der Waals surface area contributed by atoms with Crippen molar-refractivity contribution in [2.75, 3.05) is 19.7 Å². The highest BCUT2D eigenvalue weighted by atomic mass is 32.2. The number of carbonyl (C=O) groups excluding carboxylic acids is 1. The highest BCUT2D eigenvalue weighted by Crippen LogP contribution is 2.66. The minimum Gasteiger partial charge on any atom is -0.395 e. The van der Waals surface area contributed by atoms with E-state index in [4.69, 9.17) is 5.11 Å². The Bertz CT molecular complexity index is 1080. The van der Waals surface area contributed by atoms with E-state index >= 15 is 0 Å². The summed E-state index contributed by atoms with van der Waals surface area (Å²) >= 11 is 0. The number of alkyl halides is 21. The normalized spacial score (nSPS) is 16.3. The molecule has 0 spiro atoms. The third kappa shape index (κ3) is 5.12. The van der Waals surface area contributed by atoms with Gasteiger partial charge in [0.1, 0.15) is 6.29 Å². The molecule has 0 fully saturated rings. The third-order valence-electron chi connectivity index (χ3n) is 4.99. The zero-order valence-corrected chi connectivity index (χ0v) is 19.7. The van der Waals surface area contributed by atoms with Gasteiger partial charge in [0.15, 0.2) is 0 Å². The van der Waals surface area contributed by atoms with Crippen molar-refractivity contribution < 1.29 is 111 Å². The van der Waals surface area contributed by atoms with E-state index in [1.165, 1.54) is 0 Å². The van der Waals surface area contributed by atoms with Crippen molar-refractivity contribution >= 4 is 16.3 Å². The average molecular weight is 699 g/mol. The number of nitrogens with zero attached hydrogens (tertiary/aromatic N) is 1. The maximum Gasteiger partial charge on any atom is 0.460 e. The first-order valence-corrected chi connectivity index (χ1v) is 11.0. The first kappa shape index (κ1) is 40.1. The zero-order valence-electron chi connectivity index (χ0n) is 18.9. The fourth-order valence-electron chi connectivity index (χ4n) is 2.53. The van der Waals surface area contributed by atoms with Crippen molar-refractivity contribution in [3.63, 3.8) is 0 Å². The minimum absolute atomic E-state index is 0.403. The Labute approximate surface area is 217 Å². The summed E-state index contributed by atoms with van der Waals surface area (Å²) in [4.78, 5) is 10.2. The number of aldehydes is 1. The number of aliphatic hydroxyl groups is 1. The molecule has 0 aromatic rings. The van der Waals surface area contributed by atoms with E-state index in [9.17, 15) is 105 Å². The Morgan fingerprint density at radius 3 is 1.05 bits per heavy atom. The van der Waals surface area contributed by atoms with Gasteiger partial charge in [0.2, 0.25) is 0 Å². The Balaban J connectivity index is 7.30. The first-order chi connectivity index (χ1) is 18.0. The Hall–Kier alpha value is -1.93. The molecule has 0 aliphatic heterocycles. The van der Waals surface area contributed by atoms with Crippen LogP contribution in [0.3, 0.4) is 0 Å². The van der Waals surface area contributed by atoms with Gasteiger partial charge in [-0.15, -0.1) is 0 Å². The topological polar surface area (TPSA) is 74.7 Å². The molecule has 27 heteroatoms. The maximum absolute atomic E-state index is 14.1. The summed E-state index contributed by atoms with van der Waals surface area (Å²) in [6.07, 6.45) is -9.84. The fraction of sp³-hybridized carbons (Fsp3) is 0.933. The molecule has 1 N–H and O–H groups in total. The van der Waals surface area contributed by atoms with E-state index in [-0.39, 0.29) is 0 Å². The molecule has 0 unspecified atom stereocenters. The molecule has 252 valence electrons. The lowest BCUT2D eigenvalue weighted by atomic mass is 9.87. The molecule has 0 heterocycles. The number of carbonyl (C=O) groups is 1. The van der Waals surface area contributed by atoms with E-state index < -0.39 is 106 Å². The largest absolute Gasteiger partial charge is 0.460 e. The predicted molar refractivity (Wildman–Crippen MR) is 88.8 cm³/mol. The number of hydrogen-bond acceptors (Lipinski definition) is 4. The average Bonchev–Trinajstić information content (AvgIpc) is 2.79. The van der Waals surface area contributed by atoms with Crippen molar-refractivity contribution in [2.24, 2.45) is 0 Å². The lowest BCUT2D eigenvalue weighted by Crippen LogP contribution is -2.77. The summed E-state index contributed by atoms with van der Waals surface area (Å²) in [6, 6.07) is 0. The van der Waals surface area contributed by atoms with Crippen molar-refractivity contribution in [3.8, 4) is 0 Å². The van der Waals surface area contributed by atoms with Crippen LogP contribution in [0, 0.1) is 0 Å². The number of aliphatic hydroxyl groups excluding tert-OH is 1. The van der Waals surface area contributed by atoms with Gasteiger partial charge in [-0.25, -0.2) is 8.42 Å². The Morgan fingerprint density at radius 1 is 0.500 bits per heavy atom. The summed E-state index contributed by atoms with van der Waals surface area (Å²) in [6.45, 7) is -5.39. The van der Waals surface area contributed by atoms with Crippen molar-refractivity contribution in [1.82, 2.24) is 4.31 Å². The van der Waals surface area contributed by atoms with Crippen molar-refractivity contribution in [2.45, 2.75) is 65.2 Å². The molecule has 0 saturated carbocycles. The van der Waals surface area contributed by atoms with E-state index in [1.807, 2.05) is 0 Å². The zero-order chi connectivity index (χ0) is 34.6. The van der Waals surface area contributed by atoms with Crippen LogP contribution in [0.1, 0.15) is 6.42 Å². The van der Waals surface area contributed by atoms with Crippen LogP contribution in [0.15, 0.2) is 0 Å². The summed E-state index contributed by atoms with van der Waals surface area (Å²) < 4.78 is 303. The highest BCUT2D eigenvalue weighted by molar-refractivity contribution is 7.90. The molecule has 0 aromatic carbocycles. The van der Waals surface area contributed by atoms with E-state index in [1.54, 1.807) is 0 Å². The molecule has 0 atom stereocenters. The van der Waals surface area contributed by atoms with Gasteiger partial charge in [0.25, 0.3) is 10.0 Å². The summed E-state index contributed by atoms with van der Waals surface area (Å²) in [7, 11) is -7.71. The third-order valence-corrected chi connectivity index (χ3v) is 6.94. The first-order valence-electron chi connectivity index (χ1n) is 9.53. The van der Waals surface area contributed by atoms with Crippen LogP contribution < -0.4 is 0 Å². The standard InChI is InChI=1S/C15H10F21NO4S/c16-6(17,8(20,21)10(24,25)12(28,29)14(32,33)34)7(18,19)9(22,23)11(26,27)13(30,31)15(35,36)42(40,41)37(3-5-39)2-1-4-38/h4,39H,1-3,5H2. The van der Waals surface area contributed by atoms with Gasteiger partial charge in [0.05, 0.1) is 6.61 Å². The van der Waals surface area contributed by atoms with Crippen LogP contribution in [0.2, 0.25) is 0 Å². The molecule has 5 nitrogen and oxygen atoms in total. The predicted octanol–water partition coefficient (Wildman–Crippen LogP) is 5.44. The van der Waals surface area contributed by atoms with Crippen LogP contribution in [0.4, 0.5) is 92.2 Å². The van der Waals surface area contributed by atoms with Crippen molar-refractivity contribution in [1.29, 1.82) is 0 Å². The van der Waals surface area contributed by atoms with Gasteiger partial charge in [0, 0.05) is 19.5 Å². The number of sulfonamides is 1.